The van der Waals surface area contributed by atoms with Crippen LogP contribution < -0.4 is 4.74 Å². The molecule has 1 atom stereocenters. The van der Waals surface area contributed by atoms with Crippen LogP contribution in [0.5, 0.6) is 5.88 Å². The van der Waals surface area contributed by atoms with E-state index >= 15 is 0 Å². The van der Waals surface area contributed by atoms with Gasteiger partial charge in [-0.3, -0.25) is 4.90 Å². The lowest BCUT2D eigenvalue weighted by Crippen LogP contribution is -2.70. The van der Waals surface area contributed by atoms with E-state index in [1.54, 1.807) is 6.20 Å². The Morgan fingerprint density at radius 1 is 1.27 bits per heavy atom. The average Bonchev–Trinajstić information content (AvgIpc) is 2.67. The summed E-state index contributed by atoms with van der Waals surface area (Å²) in [5.74, 6) is 0.981. The molecule has 2 saturated heterocycles. The molecule has 0 radical (unpaired) electrons. The van der Waals surface area contributed by atoms with E-state index in [0.29, 0.717) is 43.8 Å². The van der Waals surface area contributed by atoms with E-state index in [1.807, 2.05) is 18.2 Å². The summed E-state index contributed by atoms with van der Waals surface area (Å²) in [6, 6.07) is 6.17. The van der Waals surface area contributed by atoms with Crippen LogP contribution >= 0.6 is 0 Å². The lowest BCUT2D eigenvalue weighted by Gasteiger charge is -2.55. The van der Waals surface area contributed by atoms with Gasteiger partial charge in [-0.1, -0.05) is 12.5 Å². The minimum absolute atomic E-state index is 0.0934. The van der Waals surface area contributed by atoms with Crippen LogP contribution in [-0.4, -0.2) is 54.5 Å². The first kappa shape index (κ1) is 14.5. The molecule has 2 aliphatic heterocycles. The molecule has 1 spiro atoms. The Labute approximate surface area is 131 Å². The minimum Gasteiger partial charge on any atom is -0.477 e. The largest absolute Gasteiger partial charge is 0.477 e. The highest BCUT2D eigenvalue weighted by atomic mass is 32.2. The predicted octanol–water partition coefficient (Wildman–Crippen LogP) is 1.50. The van der Waals surface area contributed by atoms with Crippen molar-refractivity contribution in [3.63, 3.8) is 0 Å². The molecule has 3 fully saturated rings. The summed E-state index contributed by atoms with van der Waals surface area (Å²) < 4.78 is 30.3. The summed E-state index contributed by atoms with van der Waals surface area (Å²) in [6.45, 7) is 1.86. The second-order valence-electron chi connectivity index (χ2n) is 6.84. The number of pyridine rings is 1. The highest BCUT2D eigenvalue weighted by molar-refractivity contribution is 7.93. The van der Waals surface area contributed by atoms with E-state index in [2.05, 4.69) is 9.88 Å². The van der Waals surface area contributed by atoms with Crippen molar-refractivity contribution in [2.24, 2.45) is 5.92 Å². The third-order valence-electron chi connectivity index (χ3n) is 5.70. The van der Waals surface area contributed by atoms with Gasteiger partial charge in [-0.2, -0.15) is 0 Å². The van der Waals surface area contributed by atoms with E-state index in [9.17, 15) is 8.42 Å². The van der Waals surface area contributed by atoms with Gasteiger partial charge in [0.2, 0.25) is 5.88 Å². The SMILES string of the molecule is O=S1(=O)CC[C@@H](COc2ccccn2)C12CN(C1CCC1)C2. The molecular weight excluding hydrogens is 300 g/mol. The van der Waals surface area contributed by atoms with E-state index in [0.717, 1.165) is 0 Å². The van der Waals surface area contributed by atoms with Crippen molar-refractivity contribution < 1.29 is 13.2 Å². The monoisotopic (exact) mass is 322 g/mol. The van der Waals surface area contributed by atoms with Gasteiger partial charge in [-0.05, 0) is 25.3 Å². The van der Waals surface area contributed by atoms with Crippen LogP contribution in [0.3, 0.4) is 0 Å². The number of hydrogen-bond donors (Lipinski definition) is 0. The zero-order valence-electron chi connectivity index (χ0n) is 12.6. The Kier molecular flexibility index (Phi) is 3.42. The summed E-state index contributed by atoms with van der Waals surface area (Å²) in [7, 11) is -3.00. The molecule has 3 aliphatic rings. The fourth-order valence-electron chi connectivity index (χ4n) is 3.98. The second kappa shape index (κ2) is 5.20. The summed E-state index contributed by atoms with van der Waals surface area (Å²) in [5.41, 5.74) is 0. The molecule has 0 bridgehead atoms. The molecule has 6 heteroatoms. The Morgan fingerprint density at radius 3 is 2.73 bits per heavy atom. The zero-order valence-corrected chi connectivity index (χ0v) is 13.5. The summed E-state index contributed by atoms with van der Waals surface area (Å²) >= 11 is 0. The first-order valence-corrected chi connectivity index (χ1v) is 9.76. The van der Waals surface area contributed by atoms with E-state index in [4.69, 9.17) is 4.74 Å². The first-order valence-electron chi connectivity index (χ1n) is 8.11. The number of likely N-dealkylation sites (tertiary alicyclic amines) is 1. The van der Waals surface area contributed by atoms with Crippen molar-refractivity contribution in [1.29, 1.82) is 0 Å². The summed E-state index contributed by atoms with van der Waals surface area (Å²) in [5, 5.41) is 0. The van der Waals surface area contributed by atoms with Gasteiger partial charge in [-0.15, -0.1) is 0 Å². The number of nitrogens with zero attached hydrogens (tertiary/aromatic N) is 2. The van der Waals surface area contributed by atoms with Crippen LogP contribution in [-0.2, 0) is 9.84 Å². The molecule has 3 heterocycles. The molecule has 120 valence electrons. The molecule has 0 N–H and O–H groups in total. The number of ether oxygens (including phenoxy) is 1. The third kappa shape index (κ3) is 2.15. The Hall–Kier alpha value is -1.14. The highest BCUT2D eigenvalue weighted by Crippen LogP contribution is 2.47. The van der Waals surface area contributed by atoms with E-state index < -0.39 is 14.6 Å². The van der Waals surface area contributed by atoms with Crippen LogP contribution in [0.1, 0.15) is 25.7 Å². The van der Waals surface area contributed by atoms with Crippen molar-refractivity contribution in [1.82, 2.24) is 9.88 Å². The minimum atomic E-state index is -3.00. The van der Waals surface area contributed by atoms with Gasteiger partial charge in [0.1, 0.15) is 4.75 Å². The number of sulfone groups is 1. The maximum absolute atomic E-state index is 12.6. The second-order valence-corrected chi connectivity index (χ2v) is 9.29. The number of aromatic nitrogens is 1. The lowest BCUT2D eigenvalue weighted by molar-refractivity contribution is 0.00192. The molecule has 5 nitrogen and oxygen atoms in total. The molecular formula is C16H22N2O3S. The average molecular weight is 322 g/mol. The van der Waals surface area contributed by atoms with Gasteiger partial charge in [0.15, 0.2) is 9.84 Å². The van der Waals surface area contributed by atoms with Crippen LogP contribution in [0.4, 0.5) is 0 Å². The van der Waals surface area contributed by atoms with Gasteiger partial charge in [-0.25, -0.2) is 13.4 Å². The third-order valence-corrected chi connectivity index (χ3v) is 8.30. The van der Waals surface area contributed by atoms with Gasteiger partial charge in [0, 0.05) is 37.3 Å². The zero-order chi connectivity index (χ0) is 15.2. The van der Waals surface area contributed by atoms with Crippen molar-refractivity contribution in [2.75, 3.05) is 25.4 Å². The molecule has 1 aromatic rings. The molecule has 0 amide bonds. The van der Waals surface area contributed by atoms with Gasteiger partial charge in [0.05, 0.1) is 12.4 Å². The molecule has 1 saturated carbocycles. The topological polar surface area (TPSA) is 59.5 Å². The maximum Gasteiger partial charge on any atom is 0.213 e. The standard InChI is InChI=1S/C16H22N2O3S/c19-22(20)9-7-13(10-21-15-6-1-2-8-17-15)16(22)11-18(12-16)14-4-3-5-14/h1-2,6,8,13-14H,3-5,7,9-12H2/t13-/m0/s1. The Morgan fingerprint density at radius 2 is 2.09 bits per heavy atom. The molecule has 0 unspecified atom stereocenters. The predicted molar refractivity (Wildman–Crippen MR) is 83.6 cm³/mol. The van der Waals surface area contributed by atoms with Crippen molar-refractivity contribution >= 4 is 9.84 Å². The molecule has 22 heavy (non-hydrogen) atoms. The normalized spacial score (nSPS) is 29.9. The Bertz CT molecular complexity index is 637. The van der Waals surface area contributed by atoms with Crippen LogP contribution in [0, 0.1) is 5.92 Å². The van der Waals surface area contributed by atoms with Gasteiger partial charge >= 0.3 is 0 Å². The highest BCUT2D eigenvalue weighted by Gasteiger charge is 2.62. The van der Waals surface area contributed by atoms with Gasteiger partial charge in [0.25, 0.3) is 0 Å². The van der Waals surface area contributed by atoms with Crippen LogP contribution in [0.15, 0.2) is 24.4 Å². The number of rotatable bonds is 4. The van der Waals surface area contributed by atoms with Crippen LogP contribution in [0.2, 0.25) is 0 Å². The molecule has 0 aromatic carbocycles. The van der Waals surface area contributed by atoms with Crippen molar-refractivity contribution in [3.8, 4) is 5.88 Å². The van der Waals surface area contributed by atoms with E-state index in [1.165, 1.54) is 19.3 Å². The summed E-state index contributed by atoms with van der Waals surface area (Å²) in [6.07, 6.45) is 6.15. The first-order chi connectivity index (χ1) is 10.6. The smallest absolute Gasteiger partial charge is 0.213 e. The quantitative estimate of drug-likeness (QED) is 0.841. The molecule has 4 rings (SSSR count). The van der Waals surface area contributed by atoms with Crippen molar-refractivity contribution in [2.45, 2.75) is 36.5 Å². The summed E-state index contributed by atoms with van der Waals surface area (Å²) in [4.78, 5) is 6.51. The van der Waals surface area contributed by atoms with E-state index in [-0.39, 0.29) is 5.92 Å². The Balaban J connectivity index is 1.45. The van der Waals surface area contributed by atoms with Gasteiger partial charge < -0.3 is 4.74 Å². The van der Waals surface area contributed by atoms with Crippen LogP contribution in [0.25, 0.3) is 0 Å². The van der Waals surface area contributed by atoms with Crippen molar-refractivity contribution in [3.05, 3.63) is 24.4 Å². The lowest BCUT2D eigenvalue weighted by atomic mass is 9.79. The fraction of sp³-hybridized carbons (Fsp3) is 0.688. The number of hydrogen-bond acceptors (Lipinski definition) is 5. The maximum atomic E-state index is 12.6. The fourth-order valence-corrected chi connectivity index (χ4v) is 6.40. The molecule has 1 aromatic heterocycles. The molecule has 1 aliphatic carbocycles.